The average molecular weight is 247 g/mol. The standard InChI is InChI=1S/C16H25NO/c1-4-13-7-8-15(18-3)14(11-13)16(12-17-2)9-5-6-10-16/h7-8,11,17H,4-6,9-10,12H2,1-3H3. The van der Waals surface area contributed by atoms with E-state index in [2.05, 4.69) is 37.5 Å². The monoisotopic (exact) mass is 247 g/mol. The lowest BCUT2D eigenvalue weighted by Gasteiger charge is -2.31. The lowest BCUT2D eigenvalue weighted by Crippen LogP contribution is -2.34. The second-order valence-electron chi connectivity index (χ2n) is 5.41. The van der Waals surface area contributed by atoms with Gasteiger partial charge in [-0.25, -0.2) is 0 Å². The second kappa shape index (κ2) is 5.75. The Labute approximate surface area is 111 Å². The topological polar surface area (TPSA) is 21.3 Å². The van der Waals surface area contributed by atoms with E-state index in [4.69, 9.17) is 4.74 Å². The molecule has 1 aromatic carbocycles. The van der Waals surface area contributed by atoms with Crippen molar-refractivity contribution in [3.63, 3.8) is 0 Å². The fourth-order valence-corrected chi connectivity index (χ4v) is 3.32. The van der Waals surface area contributed by atoms with E-state index in [1.165, 1.54) is 36.8 Å². The van der Waals surface area contributed by atoms with Crippen LogP contribution in [0, 0.1) is 0 Å². The lowest BCUT2D eigenvalue weighted by molar-refractivity contribution is 0.367. The Morgan fingerprint density at radius 1 is 1.28 bits per heavy atom. The maximum atomic E-state index is 5.60. The maximum Gasteiger partial charge on any atom is 0.122 e. The van der Waals surface area contributed by atoms with Crippen molar-refractivity contribution in [3.05, 3.63) is 29.3 Å². The van der Waals surface area contributed by atoms with Crippen molar-refractivity contribution in [2.45, 2.75) is 44.4 Å². The molecule has 1 saturated carbocycles. The lowest BCUT2D eigenvalue weighted by atomic mass is 9.77. The number of benzene rings is 1. The first-order valence-corrected chi connectivity index (χ1v) is 7.08. The zero-order valence-corrected chi connectivity index (χ0v) is 11.9. The zero-order valence-electron chi connectivity index (χ0n) is 11.9. The van der Waals surface area contributed by atoms with Crippen molar-refractivity contribution in [1.29, 1.82) is 0 Å². The number of hydrogen-bond donors (Lipinski definition) is 1. The summed E-state index contributed by atoms with van der Waals surface area (Å²) in [6.45, 7) is 3.27. The fourth-order valence-electron chi connectivity index (χ4n) is 3.32. The van der Waals surface area contributed by atoms with E-state index >= 15 is 0 Å². The quantitative estimate of drug-likeness (QED) is 0.862. The third kappa shape index (κ3) is 2.39. The molecule has 0 heterocycles. The van der Waals surface area contributed by atoms with Gasteiger partial charge in [0.2, 0.25) is 0 Å². The summed E-state index contributed by atoms with van der Waals surface area (Å²) in [4.78, 5) is 0. The minimum Gasteiger partial charge on any atom is -0.496 e. The van der Waals surface area contributed by atoms with E-state index in [0.29, 0.717) is 0 Å². The molecule has 2 nitrogen and oxygen atoms in total. The molecule has 0 unspecified atom stereocenters. The molecule has 0 bridgehead atoms. The van der Waals surface area contributed by atoms with E-state index in [1.54, 1.807) is 7.11 Å². The van der Waals surface area contributed by atoms with E-state index in [-0.39, 0.29) is 5.41 Å². The largest absolute Gasteiger partial charge is 0.496 e. The molecule has 1 fully saturated rings. The maximum absolute atomic E-state index is 5.60. The van der Waals surface area contributed by atoms with Gasteiger partial charge in [-0.3, -0.25) is 0 Å². The number of likely N-dealkylation sites (N-methyl/N-ethyl adjacent to an activating group) is 1. The minimum atomic E-state index is 0.283. The predicted octanol–water partition coefficient (Wildman–Crippen LogP) is 3.29. The van der Waals surface area contributed by atoms with E-state index < -0.39 is 0 Å². The Bertz CT molecular complexity index is 394. The molecule has 2 rings (SSSR count). The molecule has 100 valence electrons. The number of hydrogen-bond acceptors (Lipinski definition) is 2. The van der Waals surface area contributed by atoms with Crippen LogP contribution in [0.15, 0.2) is 18.2 Å². The Kier molecular flexibility index (Phi) is 4.28. The number of methoxy groups -OCH3 is 1. The summed E-state index contributed by atoms with van der Waals surface area (Å²) in [6.07, 6.45) is 6.31. The van der Waals surface area contributed by atoms with E-state index in [0.717, 1.165) is 18.7 Å². The first-order valence-electron chi connectivity index (χ1n) is 7.08. The van der Waals surface area contributed by atoms with Gasteiger partial charge in [0.15, 0.2) is 0 Å². The first-order chi connectivity index (χ1) is 8.75. The van der Waals surface area contributed by atoms with Gasteiger partial charge in [-0.05, 0) is 37.9 Å². The van der Waals surface area contributed by atoms with E-state index in [1.807, 2.05) is 0 Å². The van der Waals surface area contributed by atoms with Crippen LogP contribution in [0.25, 0.3) is 0 Å². The summed E-state index contributed by atoms with van der Waals surface area (Å²) in [5.41, 5.74) is 3.11. The molecule has 1 aliphatic carbocycles. The van der Waals surface area contributed by atoms with Crippen LogP contribution in [-0.4, -0.2) is 20.7 Å². The molecule has 1 aromatic rings. The summed E-state index contributed by atoms with van der Waals surface area (Å²) >= 11 is 0. The van der Waals surface area contributed by atoms with Gasteiger partial charge in [0.05, 0.1) is 7.11 Å². The SMILES string of the molecule is CCc1ccc(OC)c(C2(CNC)CCCC2)c1. The minimum absolute atomic E-state index is 0.283. The third-order valence-corrected chi connectivity index (χ3v) is 4.32. The second-order valence-corrected chi connectivity index (χ2v) is 5.41. The Hall–Kier alpha value is -1.02. The molecule has 0 aliphatic heterocycles. The van der Waals surface area contributed by atoms with Crippen molar-refractivity contribution >= 4 is 0 Å². The van der Waals surface area contributed by atoms with Crippen molar-refractivity contribution in [1.82, 2.24) is 5.32 Å². The van der Waals surface area contributed by atoms with Gasteiger partial charge in [-0.1, -0.05) is 31.9 Å². The molecule has 0 saturated heterocycles. The van der Waals surface area contributed by atoms with E-state index in [9.17, 15) is 0 Å². The summed E-state index contributed by atoms with van der Waals surface area (Å²) in [7, 11) is 3.84. The van der Waals surface area contributed by atoms with Crippen LogP contribution < -0.4 is 10.1 Å². The molecule has 0 amide bonds. The van der Waals surface area contributed by atoms with Crippen LogP contribution >= 0.6 is 0 Å². The molecule has 0 spiro atoms. The van der Waals surface area contributed by atoms with Crippen LogP contribution in [0.3, 0.4) is 0 Å². The van der Waals surface area contributed by atoms with Crippen LogP contribution in [-0.2, 0) is 11.8 Å². The van der Waals surface area contributed by atoms with Crippen molar-refractivity contribution in [3.8, 4) is 5.75 Å². The van der Waals surface area contributed by atoms with Crippen molar-refractivity contribution in [2.75, 3.05) is 20.7 Å². The van der Waals surface area contributed by atoms with Gasteiger partial charge in [-0.2, -0.15) is 0 Å². The smallest absolute Gasteiger partial charge is 0.122 e. The summed E-state index contributed by atoms with van der Waals surface area (Å²) in [5.74, 6) is 1.06. The Morgan fingerprint density at radius 2 is 2.00 bits per heavy atom. The molecule has 0 atom stereocenters. The average Bonchev–Trinajstić information content (AvgIpc) is 2.88. The number of rotatable bonds is 5. The van der Waals surface area contributed by atoms with Crippen molar-refractivity contribution < 1.29 is 4.74 Å². The molecule has 1 N–H and O–H groups in total. The first kappa shape index (κ1) is 13.4. The summed E-state index contributed by atoms with van der Waals surface area (Å²) in [6, 6.07) is 6.69. The zero-order chi connectivity index (χ0) is 13.0. The molecule has 0 radical (unpaired) electrons. The highest BCUT2D eigenvalue weighted by molar-refractivity contribution is 5.43. The van der Waals surface area contributed by atoms with Gasteiger partial charge < -0.3 is 10.1 Å². The van der Waals surface area contributed by atoms with Crippen molar-refractivity contribution in [2.24, 2.45) is 0 Å². The Morgan fingerprint density at radius 3 is 2.56 bits per heavy atom. The molecular weight excluding hydrogens is 222 g/mol. The molecular formula is C16H25NO. The number of aryl methyl sites for hydroxylation is 1. The number of nitrogens with one attached hydrogen (secondary N) is 1. The fraction of sp³-hybridized carbons (Fsp3) is 0.625. The number of ether oxygens (including phenoxy) is 1. The normalized spacial score (nSPS) is 17.9. The van der Waals surface area contributed by atoms with Crippen LogP contribution in [0.5, 0.6) is 5.75 Å². The highest BCUT2D eigenvalue weighted by Gasteiger charge is 2.37. The molecule has 0 aromatic heterocycles. The summed E-state index contributed by atoms with van der Waals surface area (Å²) in [5, 5.41) is 3.38. The predicted molar refractivity (Wildman–Crippen MR) is 76.4 cm³/mol. The van der Waals surface area contributed by atoms with Gasteiger partial charge in [0.25, 0.3) is 0 Å². The van der Waals surface area contributed by atoms with Gasteiger partial charge in [-0.15, -0.1) is 0 Å². The van der Waals surface area contributed by atoms with Gasteiger partial charge in [0, 0.05) is 17.5 Å². The van der Waals surface area contributed by atoms with Gasteiger partial charge in [0.1, 0.15) is 5.75 Å². The highest BCUT2D eigenvalue weighted by Crippen LogP contribution is 2.44. The van der Waals surface area contributed by atoms with Crippen LogP contribution in [0.1, 0.15) is 43.7 Å². The van der Waals surface area contributed by atoms with Crippen LogP contribution in [0.4, 0.5) is 0 Å². The third-order valence-electron chi connectivity index (χ3n) is 4.32. The Balaban J connectivity index is 2.44. The molecule has 1 aliphatic rings. The van der Waals surface area contributed by atoms with Crippen LogP contribution in [0.2, 0.25) is 0 Å². The highest BCUT2D eigenvalue weighted by atomic mass is 16.5. The van der Waals surface area contributed by atoms with Gasteiger partial charge >= 0.3 is 0 Å². The molecule has 2 heteroatoms. The molecule has 18 heavy (non-hydrogen) atoms. The summed E-state index contributed by atoms with van der Waals surface area (Å²) < 4.78 is 5.60.